The van der Waals surface area contributed by atoms with Crippen LogP contribution < -0.4 is 0 Å². The lowest BCUT2D eigenvalue weighted by Gasteiger charge is -2.25. The van der Waals surface area contributed by atoms with Gasteiger partial charge < -0.3 is 4.90 Å². The minimum absolute atomic E-state index is 0.0606. The molecule has 0 aliphatic heterocycles. The number of nitrogens with zero attached hydrogens (tertiary/aromatic N) is 1. The van der Waals surface area contributed by atoms with Gasteiger partial charge in [0.15, 0.2) is 0 Å². The molecular weight excluding hydrogens is 186 g/mol. The number of hydrogen-bond donors (Lipinski definition) is 0. The number of hydrogen-bond acceptors (Lipinski definition) is 1. The van der Waals surface area contributed by atoms with Gasteiger partial charge in [-0.25, -0.2) is 0 Å². The highest BCUT2D eigenvalue weighted by molar-refractivity contribution is 5.94. The summed E-state index contributed by atoms with van der Waals surface area (Å²) in [5, 5.41) is 0. The van der Waals surface area contributed by atoms with Crippen LogP contribution in [0.4, 0.5) is 0 Å². The van der Waals surface area contributed by atoms with E-state index in [1.54, 1.807) is 11.0 Å². The van der Waals surface area contributed by atoms with Crippen LogP contribution in [0.5, 0.6) is 0 Å². The van der Waals surface area contributed by atoms with Gasteiger partial charge in [-0.2, -0.15) is 0 Å². The molecule has 0 aliphatic rings. The second-order valence-corrected chi connectivity index (χ2v) is 3.71. The first-order valence-electron chi connectivity index (χ1n) is 5.13. The first-order valence-corrected chi connectivity index (χ1v) is 5.13. The van der Waals surface area contributed by atoms with Gasteiger partial charge in [0, 0.05) is 18.2 Å². The molecule has 0 aromatic heterocycles. The lowest BCUT2D eigenvalue weighted by Crippen LogP contribution is -2.36. The standard InChI is InChI=1S/C13H17NO/c1-4-10-14(11(2)3)13(15)12-8-6-5-7-9-12/h4-9,11H,1,10H2,2-3H3. The second-order valence-electron chi connectivity index (χ2n) is 3.71. The van der Waals surface area contributed by atoms with E-state index in [1.807, 2.05) is 44.2 Å². The largest absolute Gasteiger partial charge is 0.333 e. The number of benzene rings is 1. The summed E-state index contributed by atoms with van der Waals surface area (Å²) in [6.07, 6.45) is 1.75. The predicted molar refractivity (Wildman–Crippen MR) is 62.8 cm³/mol. The van der Waals surface area contributed by atoms with E-state index in [1.165, 1.54) is 0 Å². The highest BCUT2D eigenvalue weighted by atomic mass is 16.2. The average molecular weight is 203 g/mol. The molecule has 80 valence electrons. The molecule has 1 aromatic carbocycles. The summed E-state index contributed by atoms with van der Waals surface area (Å²) in [5.41, 5.74) is 0.730. The van der Waals surface area contributed by atoms with E-state index in [0.717, 1.165) is 5.56 Å². The zero-order chi connectivity index (χ0) is 11.3. The Labute approximate surface area is 91.2 Å². The van der Waals surface area contributed by atoms with Gasteiger partial charge in [-0.15, -0.1) is 6.58 Å². The van der Waals surface area contributed by atoms with Gasteiger partial charge in [0.05, 0.1) is 0 Å². The van der Waals surface area contributed by atoms with Crippen LogP contribution in [-0.4, -0.2) is 23.4 Å². The van der Waals surface area contributed by atoms with Crippen molar-refractivity contribution in [1.82, 2.24) is 4.90 Å². The predicted octanol–water partition coefficient (Wildman–Crippen LogP) is 2.72. The zero-order valence-electron chi connectivity index (χ0n) is 9.31. The monoisotopic (exact) mass is 203 g/mol. The Morgan fingerprint density at radius 3 is 2.47 bits per heavy atom. The fourth-order valence-electron chi connectivity index (χ4n) is 1.41. The Morgan fingerprint density at radius 2 is 2.00 bits per heavy atom. The number of amides is 1. The van der Waals surface area contributed by atoms with Crippen molar-refractivity contribution in [2.75, 3.05) is 6.54 Å². The Morgan fingerprint density at radius 1 is 1.40 bits per heavy atom. The van der Waals surface area contributed by atoms with E-state index >= 15 is 0 Å². The van der Waals surface area contributed by atoms with Crippen molar-refractivity contribution in [3.8, 4) is 0 Å². The van der Waals surface area contributed by atoms with E-state index in [4.69, 9.17) is 0 Å². The van der Waals surface area contributed by atoms with Gasteiger partial charge in [-0.3, -0.25) is 4.79 Å². The molecule has 1 amide bonds. The third-order valence-electron chi connectivity index (χ3n) is 2.23. The van der Waals surface area contributed by atoms with Crippen molar-refractivity contribution in [3.63, 3.8) is 0 Å². The molecule has 2 nitrogen and oxygen atoms in total. The summed E-state index contributed by atoms with van der Waals surface area (Å²) < 4.78 is 0. The lowest BCUT2D eigenvalue weighted by molar-refractivity contribution is 0.0729. The molecule has 0 atom stereocenters. The van der Waals surface area contributed by atoms with Crippen LogP contribution in [0, 0.1) is 0 Å². The molecule has 0 saturated carbocycles. The number of carbonyl (C=O) groups is 1. The smallest absolute Gasteiger partial charge is 0.254 e. The third-order valence-corrected chi connectivity index (χ3v) is 2.23. The second kappa shape index (κ2) is 5.35. The fraction of sp³-hybridized carbons (Fsp3) is 0.308. The average Bonchev–Trinajstić information content (AvgIpc) is 2.26. The first-order chi connectivity index (χ1) is 7.16. The lowest BCUT2D eigenvalue weighted by atomic mass is 10.1. The van der Waals surface area contributed by atoms with Crippen LogP contribution in [-0.2, 0) is 0 Å². The van der Waals surface area contributed by atoms with Crippen LogP contribution in [0.25, 0.3) is 0 Å². The molecule has 0 radical (unpaired) electrons. The van der Waals surface area contributed by atoms with E-state index in [-0.39, 0.29) is 11.9 Å². The Hall–Kier alpha value is -1.57. The quantitative estimate of drug-likeness (QED) is 0.689. The molecule has 1 rings (SSSR count). The summed E-state index contributed by atoms with van der Waals surface area (Å²) in [6, 6.07) is 9.51. The van der Waals surface area contributed by atoms with Gasteiger partial charge in [0.2, 0.25) is 0 Å². The Balaban J connectivity index is 2.86. The summed E-state index contributed by atoms with van der Waals surface area (Å²) in [4.78, 5) is 13.8. The first kappa shape index (κ1) is 11.5. The van der Waals surface area contributed by atoms with Gasteiger partial charge >= 0.3 is 0 Å². The molecule has 0 bridgehead atoms. The Kier molecular flexibility index (Phi) is 4.10. The molecule has 0 spiro atoms. The van der Waals surface area contributed by atoms with Gasteiger partial charge in [0.25, 0.3) is 5.91 Å². The van der Waals surface area contributed by atoms with Crippen LogP contribution in [0.2, 0.25) is 0 Å². The van der Waals surface area contributed by atoms with E-state index in [9.17, 15) is 4.79 Å². The van der Waals surface area contributed by atoms with Crippen LogP contribution >= 0.6 is 0 Å². The molecule has 2 heteroatoms. The minimum atomic E-state index is 0.0606. The van der Waals surface area contributed by atoms with E-state index < -0.39 is 0 Å². The normalized spacial score (nSPS) is 10.1. The van der Waals surface area contributed by atoms with Gasteiger partial charge in [-0.05, 0) is 26.0 Å². The molecule has 0 aliphatic carbocycles. The minimum Gasteiger partial charge on any atom is -0.333 e. The van der Waals surface area contributed by atoms with Crippen molar-refractivity contribution < 1.29 is 4.79 Å². The molecule has 1 aromatic rings. The van der Waals surface area contributed by atoms with Crippen molar-refractivity contribution in [2.45, 2.75) is 19.9 Å². The van der Waals surface area contributed by atoms with Crippen LogP contribution in [0.3, 0.4) is 0 Å². The SMILES string of the molecule is C=CCN(C(=O)c1ccccc1)C(C)C. The maximum absolute atomic E-state index is 12.1. The summed E-state index contributed by atoms with van der Waals surface area (Å²) in [5.74, 6) is 0.0606. The maximum Gasteiger partial charge on any atom is 0.254 e. The van der Waals surface area contributed by atoms with Crippen molar-refractivity contribution in [3.05, 3.63) is 48.6 Å². The molecule has 0 unspecified atom stereocenters. The number of carbonyl (C=O) groups excluding carboxylic acids is 1. The molecule has 0 fully saturated rings. The molecule has 0 N–H and O–H groups in total. The zero-order valence-corrected chi connectivity index (χ0v) is 9.31. The molecule has 0 saturated heterocycles. The highest BCUT2D eigenvalue weighted by Crippen LogP contribution is 2.07. The summed E-state index contributed by atoms with van der Waals surface area (Å²) in [7, 11) is 0. The highest BCUT2D eigenvalue weighted by Gasteiger charge is 2.16. The summed E-state index contributed by atoms with van der Waals surface area (Å²) >= 11 is 0. The van der Waals surface area contributed by atoms with Crippen molar-refractivity contribution in [1.29, 1.82) is 0 Å². The van der Waals surface area contributed by atoms with E-state index in [2.05, 4.69) is 6.58 Å². The van der Waals surface area contributed by atoms with Crippen molar-refractivity contribution in [2.24, 2.45) is 0 Å². The van der Waals surface area contributed by atoms with Gasteiger partial charge in [0.1, 0.15) is 0 Å². The molecular formula is C13H17NO. The Bertz CT molecular complexity index is 330. The topological polar surface area (TPSA) is 20.3 Å². The maximum atomic E-state index is 12.1. The molecule has 0 heterocycles. The molecule has 15 heavy (non-hydrogen) atoms. The van der Waals surface area contributed by atoms with Crippen molar-refractivity contribution >= 4 is 5.91 Å². The van der Waals surface area contributed by atoms with E-state index in [0.29, 0.717) is 6.54 Å². The van der Waals surface area contributed by atoms with Crippen LogP contribution in [0.15, 0.2) is 43.0 Å². The van der Waals surface area contributed by atoms with Crippen LogP contribution in [0.1, 0.15) is 24.2 Å². The van der Waals surface area contributed by atoms with Gasteiger partial charge in [-0.1, -0.05) is 24.3 Å². The summed E-state index contributed by atoms with van der Waals surface area (Å²) in [6.45, 7) is 8.26. The third kappa shape index (κ3) is 2.94. The number of rotatable bonds is 4. The fourth-order valence-corrected chi connectivity index (χ4v) is 1.41.